The number of carbonyl (C=O) groups excluding carboxylic acids is 1. The second-order valence-corrected chi connectivity index (χ2v) is 6.25. The predicted molar refractivity (Wildman–Crippen MR) is 99.5 cm³/mol. The maximum atomic E-state index is 12.6. The van der Waals surface area contributed by atoms with Crippen LogP contribution in [0.3, 0.4) is 0 Å². The lowest BCUT2D eigenvalue weighted by atomic mass is 10.2. The highest BCUT2D eigenvalue weighted by atomic mass is 32.1. The summed E-state index contributed by atoms with van der Waals surface area (Å²) in [7, 11) is 3.19. The average molecular weight is 354 g/mol. The topological polar surface area (TPSA) is 52.8 Å². The molecule has 1 heterocycles. The van der Waals surface area contributed by atoms with Crippen molar-refractivity contribution < 1.29 is 14.3 Å². The molecule has 0 N–H and O–H groups in total. The van der Waals surface area contributed by atoms with Crippen LogP contribution in [0.2, 0.25) is 0 Å². The first kappa shape index (κ1) is 17.0. The van der Waals surface area contributed by atoms with E-state index in [1.807, 2.05) is 22.8 Å². The highest BCUT2D eigenvalue weighted by Gasteiger charge is 2.12. The van der Waals surface area contributed by atoms with Gasteiger partial charge in [-0.15, -0.1) is 6.58 Å². The monoisotopic (exact) mass is 354 g/mol. The molecule has 128 valence electrons. The van der Waals surface area contributed by atoms with Crippen LogP contribution in [0.5, 0.6) is 11.5 Å². The van der Waals surface area contributed by atoms with Crippen LogP contribution in [-0.2, 0) is 6.54 Å². The Kier molecular flexibility index (Phi) is 5.00. The number of hydrogen-bond donors (Lipinski definition) is 0. The number of rotatable bonds is 5. The minimum atomic E-state index is -0.317. The van der Waals surface area contributed by atoms with Crippen LogP contribution in [-0.4, -0.2) is 24.7 Å². The molecule has 0 aliphatic rings. The van der Waals surface area contributed by atoms with Crippen LogP contribution in [0.1, 0.15) is 10.4 Å². The van der Waals surface area contributed by atoms with E-state index in [1.54, 1.807) is 44.6 Å². The highest BCUT2D eigenvalue weighted by molar-refractivity contribution is 7.16. The Morgan fingerprint density at radius 3 is 2.76 bits per heavy atom. The molecule has 0 atom stereocenters. The van der Waals surface area contributed by atoms with Crippen LogP contribution in [0.25, 0.3) is 10.2 Å². The number of ether oxygens (including phenoxy) is 2. The molecule has 0 aliphatic carbocycles. The highest BCUT2D eigenvalue weighted by Crippen LogP contribution is 2.27. The average Bonchev–Trinajstić information content (AvgIpc) is 2.99. The predicted octanol–water partition coefficient (Wildman–Crippen LogP) is 3.65. The van der Waals surface area contributed by atoms with Gasteiger partial charge >= 0.3 is 0 Å². The standard InChI is InChI=1S/C19H18N2O3S/c1-4-11-21-17-15(24-3)9-6-10-16(17)25-19(21)20-18(22)13-7-5-8-14(12-13)23-2/h4-10,12H,1,11H2,2-3H3. The second-order valence-electron chi connectivity index (χ2n) is 5.24. The Hall–Kier alpha value is -2.86. The van der Waals surface area contributed by atoms with Gasteiger partial charge in [-0.25, -0.2) is 0 Å². The van der Waals surface area contributed by atoms with Gasteiger partial charge < -0.3 is 14.0 Å². The van der Waals surface area contributed by atoms with Crippen molar-refractivity contribution in [3.05, 3.63) is 65.5 Å². The summed E-state index contributed by atoms with van der Waals surface area (Å²) in [5.74, 6) is 1.05. The Bertz CT molecular complexity index is 1000. The van der Waals surface area contributed by atoms with E-state index in [0.717, 1.165) is 16.0 Å². The second kappa shape index (κ2) is 7.36. The van der Waals surface area contributed by atoms with Crippen molar-refractivity contribution in [3.8, 4) is 11.5 Å². The molecular weight excluding hydrogens is 336 g/mol. The zero-order valence-corrected chi connectivity index (χ0v) is 14.9. The number of nitrogens with zero attached hydrogens (tertiary/aromatic N) is 2. The van der Waals surface area contributed by atoms with E-state index < -0.39 is 0 Å². The summed E-state index contributed by atoms with van der Waals surface area (Å²) in [5, 5.41) is 0. The third-order valence-corrected chi connectivity index (χ3v) is 4.75. The van der Waals surface area contributed by atoms with Gasteiger partial charge in [-0.1, -0.05) is 29.5 Å². The zero-order chi connectivity index (χ0) is 17.8. The summed E-state index contributed by atoms with van der Waals surface area (Å²) in [6.07, 6.45) is 1.77. The van der Waals surface area contributed by atoms with E-state index in [9.17, 15) is 4.79 Å². The quantitative estimate of drug-likeness (QED) is 0.657. The van der Waals surface area contributed by atoms with E-state index in [4.69, 9.17) is 9.47 Å². The molecule has 5 nitrogen and oxygen atoms in total. The third kappa shape index (κ3) is 3.34. The molecule has 0 fully saturated rings. The van der Waals surface area contributed by atoms with Crippen molar-refractivity contribution in [2.75, 3.05) is 14.2 Å². The molecule has 2 aromatic carbocycles. The van der Waals surface area contributed by atoms with Crippen molar-refractivity contribution in [2.24, 2.45) is 4.99 Å². The van der Waals surface area contributed by atoms with Crippen LogP contribution < -0.4 is 14.3 Å². The molecule has 1 aromatic heterocycles. The Labute approximate surface area is 149 Å². The normalized spacial score (nSPS) is 11.5. The van der Waals surface area contributed by atoms with Gasteiger partial charge in [-0.2, -0.15) is 4.99 Å². The van der Waals surface area contributed by atoms with Crippen molar-refractivity contribution >= 4 is 27.5 Å². The van der Waals surface area contributed by atoms with Crippen molar-refractivity contribution in [1.82, 2.24) is 4.57 Å². The number of benzene rings is 2. The van der Waals surface area contributed by atoms with Gasteiger partial charge in [0.25, 0.3) is 5.91 Å². The largest absolute Gasteiger partial charge is 0.497 e. The smallest absolute Gasteiger partial charge is 0.279 e. The number of para-hydroxylation sites is 1. The van der Waals surface area contributed by atoms with Gasteiger partial charge in [0.05, 0.1) is 18.9 Å². The molecule has 0 radical (unpaired) electrons. The number of hydrogen-bond acceptors (Lipinski definition) is 4. The minimum absolute atomic E-state index is 0.317. The summed E-state index contributed by atoms with van der Waals surface area (Å²) in [6.45, 7) is 4.33. The summed E-state index contributed by atoms with van der Waals surface area (Å²) in [6, 6.07) is 12.8. The van der Waals surface area contributed by atoms with E-state index in [2.05, 4.69) is 11.6 Å². The van der Waals surface area contributed by atoms with E-state index in [1.165, 1.54) is 11.3 Å². The first-order valence-electron chi connectivity index (χ1n) is 7.68. The van der Waals surface area contributed by atoms with E-state index in [-0.39, 0.29) is 5.91 Å². The van der Waals surface area contributed by atoms with Crippen LogP contribution in [0, 0.1) is 0 Å². The number of carbonyl (C=O) groups is 1. The van der Waals surface area contributed by atoms with E-state index in [0.29, 0.717) is 22.7 Å². The lowest BCUT2D eigenvalue weighted by Gasteiger charge is -2.06. The van der Waals surface area contributed by atoms with Crippen LogP contribution in [0.15, 0.2) is 60.1 Å². The number of fused-ring (bicyclic) bond motifs is 1. The summed E-state index contributed by atoms with van der Waals surface area (Å²) in [5.41, 5.74) is 1.39. The van der Waals surface area contributed by atoms with Gasteiger partial charge in [0, 0.05) is 12.1 Å². The molecule has 0 saturated carbocycles. The van der Waals surface area contributed by atoms with Gasteiger partial charge in [-0.05, 0) is 30.3 Å². The maximum absolute atomic E-state index is 12.6. The molecule has 0 spiro atoms. The molecular formula is C19H18N2O3S. The lowest BCUT2D eigenvalue weighted by molar-refractivity contribution is 0.0997. The van der Waals surface area contributed by atoms with Gasteiger partial charge in [-0.3, -0.25) is 4.79 Å². The molecule has 3 aromatic rings. The van der Waals surface area contributed by atoms with Crippen molar-refractivity contribution in [2.45, 2.75) is 6.54 Å². The number of amides is 1. The molecule has 0 aliphatic heterocycles. The van der Waals surface area contributed by atoms with Crippen LogP contribution in [0.4, 0.5) is 0 Å². The first-order chi connectivity index (χ1) is 12.2. The number of allylic oxidation sites excluding steroid dienone is 1. The van der Waals surface area contributed by atoms with Crippen LogP contribution >= 0.6 is 11.3 Å². The van der Waals surface area contributed by atoms with E-state index >= 15 is 0 Å². The Morgan fingerprint density at radius 1 is 1.24 bits per heavy atom. The van der Waals surface area contributed by atoms with Gasteiger partial charge in [0.2, 0.25) is 0 Å². The van der Waals surface area contributed by atoms with Crippen molar-refractivity contribution in [1.29, 1.82) is 0 Å². The fourth-order valence-electron chi connectivity index (χ4n) is 2.55. The Balaban J connectivity index is 2.16. The summed E-state index contributed by atoms with van der Waals surface area (Å²) >= 11 is 1.44. The zero-order valence-electron chi connectivity index (χ0n) is 14.1. The summed E-state index contributed by atoms with van der Waals surface area (Å²) in [4.78, 5) is 17.5. The Morgan fingerprint density at radius 2 is 2.04 bits per heavy atom. The third-order valence-electron chi connectivity index (χ3n) is 3.71. The number of thiazole rings is 1. The first-order valence-corrected chi connectivity index (χ1v) is 8.50. The molecule has 3 rings (SSSR count). The molecule has 1 amide bonds. The lowest BCUT2D eigenvalue weighted by Crippen LogP contribution is -2.16. The molecule has 0 unspecified atom stereocenters. The number of methoxy groups -OCH3 is 2. The molecule has 25 heavy (non-hydrogen) atoms. The number of aromatic nitrogens is 1. The van der Waals surface area contributed by atoms with Gasteiger partial charge in [0.1, 0.15) is 17.0 Å². The molecule has 6 heteroatoms. The van der Waals surface area contributed by atoms with Crippen molar-refractivity contribution in [3.63, 3.8) is 0 Å². The molecule has 0 bridgehead atoms. The minimum Gasteiger partial charge on any atom is -0.497 e. The maximum Gasteiger partial charge on any atom is 0.279 e. The fraction of sp³-hybridized carbons (Fsp3) is 0.158. The fourth-order valence-corrected chi connectivity index (χ4v) is 3.61. The summed E-state index contributed by atoms with van der Waals surface area (Å²) < 4.78 is 13.6. The van der Waals surface area contributed by atoms with Gasteiger partial charge in [0.15, 0.2) is 4.80 Å². The molecule has 0 saturated heterocycles. The SMILES string of the molecule is C=CCn1c(=NC(=O)c2cccc(OC)c2)sc2cccc(OC)c21.